The van der Waals surface area contributed by atoms with Gasteiger partial charge in [0.25, 0.3) is 0 Å². The van der Waals surface area contributed by atoms with Gasteiger partial charge < -0.3 is 10.1 Å². The van der Waals surface area contributed by atoms with Crippen molar-refractivity contribution in [3.63, 3.8) is 0 Å². The van der Waals surface area contributed by atoms with Crippen LogP contribution >= 0.6 is 11.8 Å². The van der Waals surface area contributed by atoms with Crippen molar-refractivity contribution in [2.24, 2.45) is 0 Å². The predicted molar refractivity (Wildman–Crippen MR) is 117 cm³/mol. The number of hydrogen-bond donors (Lipinski definition) is 1. The van der Waals surface area contributed by atoms with Gasteiger partial charge in [-0.2, -0.15) is 4.98 Å². The van der Waals surface area contributed by atoms with Crippen LogP contribution in [0.5, 0.6) is 5.75 Å². The van der Waals surface area contributed by atoms with Gasteiger partial charge in [-0.15, -0.1) is 5.10 Å². The lowest BCUT2D eigenvalue weighted by Gasteiger charge is -2.32. The first-order valence-corrected chi connectivity index (χ1v) is 11.1. The van der Waals surface area contributed by atoms with E-state index in [2.05, 4.69) is 10.3 Å². The van der Waals surface area contributed by atoms with Gasteiger partial charge in [-0.1, -0.05) is 36.0 Å². The molecule has 158 valence electrons. The van der Waals surface area contributed by atoms with Gasteiger partial charge in [0.2, 0.25) is 11.1 Å². The molecule has 3 aromatic rings. The summed E-state index contributed by atoms with van der Waals surface area (Å²) in [5.74, 6) is 1.82. The SMILES string of the molecule is COc1ccc(C2C3=C(CCCC3=O)Nc3nc(SCc4cccc(F)c4)nn32)cc1. The van der Waals surface area contributed by atoms with E-state index < -0.39 is 0 Å². The number of Topliss-reactive ketones (excluding diaryl/α,β-unsaturated/α-hetero) is 1. The molecule has 1 aromatic heterocycles. The predicted octanol–water partition coefficient (Wildman–Crippen LogP) is 4.74. The summed E-state index contributed by atoms with van der Waals surface area (Å²) in [6.45, 7) is 0. The fourth-order valence-electron chi connectivity index (χ4n) is 4.07. The number of benzene rings is 2. The normalized spacial score (nSPS) is 17.7. The minimum atomic E-state index is -0.332. The van der Waals surface area contributed by atoms with Crippen LogP contribution in [-0.4, -0.2) is 27.7 Å². The van der Waals surface area contributed by atoms with Gasteiger partial charge in [0.15, 0.2) is 5.78 Å². The molecule has 2 aliphatic rings. The zero-order valence-electron chi connectivity index (χ0n) is 17.0. The Balaban J connectivity index is 1.50. The average Bonchev–Trinajstić information content (AvgIpc) is 3.19. The van der Waals surface area contributed by atoms with Crippen molar-refractivity contribution in [1.29, 1.82) is 0 Å². The van der Waals surface area contributed by atoms with E-state index in [9.17, 15) is 9.18 Å². The number of ketones is 1. The lowest BCUT2D eigenvalue weighted by Crippen LogP contribution is -2.31. The standard InChI is InChI=1S/C23H21FN4O2S/c1-30-17-10-8-15(9-11-17)21-20-18(6-3-7-19(20)29)25-22-26-23(27-28(21)22)31-13-14-4-2-5-16(24)12-14/h2,4-5,8-12,21H,3,6-7,13H2,1H3,(H,25,26,27). The van der Waals surface area contributed by atoms with E-state index >= 15 is 0 Å². The zero-order valence-corrected chi connectivity index (χ0v) is 17.8. The first-order chi connectivity index (χ1) is 15.1. The Morgan fingerprint density at radius 3 is 2.84 bits per heavy atom. The molecule has 31 heavy (non-hydrogen) atoms. The van der Waals surface area contributed by atoms with E-state index in [1.54, 1.807) is 17.9 Å². The van der Waals surface area contributed by atoms with E-state index in [-0.39, 0.29) is 17.6 Å². The number of anilines is 1. The van der Waals surface area contributed by atoms with Crippen LogP contribution in [0.15, 0.2) is 65.0 Å². The van der Waals surface area contributed by atoms with Crippen molar-refractivity contribution in [3.05, 3.63) is 76.7 Å². The largest absolute Gasteiger partial charge is 0.497 e. The molecule has 0 bridgehead atoms. The Labute approximate surface area is 183 Å². The summed E-state index contributed by atoms with van der Waals surface area (Å²) in [6, 6.07) is 13.9. The van der Waals surface area contributed by atoms with Crippen LogP contribution in [0.1, 0.15) is 36.4 Å². The van der Waals surface area contributed by atoms with Crippen LogP contribution < -0.4 is 10.1 Å². The zero-order chi connectivity index (χ0) is 21.4. The maximum atomic E-state index is 13.5. The van der Waals surface area contributed by atoms with Gasteiger partial charge in [-0.3, -0.25) is 4.79 Å². The second-order valence-electron chi connectivity index (χ2n) is 7.55. The Hall–Kier alpha value is -3.13. The van der Waals surface area contributed by atoms with Gasteiger partial charge in [-0.25, -0.2) is 9.07 Å². The summed E-state index contributed by atoms with van der Waals surface area (Å²) >= 11 is 1.44. The number of methoxy groups -OCH3 is 1. The number of thioether (sulfide) groups is 1. The molecule has 1 atom stereocenters. The highest BCUT2D eigenvalue weighted by Gasteiger charge is 2.36. The summed E-state index contributed by atoms with van der Waals surface area (Å²) in [7, 11) is 1.63. The fourth-order valence-corrected chi connectivity index (χ4v) is 4.84. The number of ether oxygens (including phenoxy) is 1. The number of allylic oxidation sites excluding steroid dienone is 2. The number of nitrogens with one attached hydrogen (secondary N) is 1. The summed E-state index contributed by atoms with van der Waals surface area (Å²) in [6.07, 6.45) is 2.18. The topological polar surface area (TPSA) is 69.0 Å². The quantitative estimate of drug-likeness (QED) is 0.583. The third-order valence-corrected chi connectivity index (χ3v) is 6.45. The van der Waals surface area contributed by atoms with Crippen LogP contribution in [0.25, 0.3) is 0 Å². The third-order valence-electron chi connectivity index (χ3n) is 5.54. The first-order valence-electron chi connectivity index (χ1n) is 10.1. The van der Waals surface area contributed by atoms with E-state index in [1.807, 2.05) is 30.3 Å². The Kier molecular flexibility index (Phi) is 5.23. The Morgan fingerprint density at radius 2 is 2.06 bits per heavy atom. The number of rotatable bonds is 5. The van der Waals surface area contributed by atoms with Crippen molar-refractivity contribution >= 4 is 23.5 Å². The molecule has 5 rings (SSSR count). The van der Waals surface area contributed by atoms with E-state index in [0.29, 0.717) is 23.3 Å². The van der Waals surface area contributed by atoms with Crippen LogP contribution in [0, 0.1) is 5.82 Å². The van der Waals surface area contributed by atoms with Crippen molar-refractivity contribution in [2.45, 2.75) is 36.2 Å². The van der Waals surface area contributed by atoms with E-state index in [0.717, 1.165) is 41.0 Å². The molecule has 1 N–H and O–H groups in total. The molecule has 8 heteroatoms. The molecule has 0 radical (unpaired) electrons. The maximum Gasteiger partial charge on any atom is 0.227 e. The second-order valence-corrected chi connectivity index (χ2v) is 8.49. The Bertz CT molecular complexity index is 1170. The van der Waals surface area contributed by atoms with Crippen LogP contribution in [-0.2, 0) is 10.5 Å². The third kappa shape index (κ3) is 3.83. The molecule has 0 saturated carbocycles. The molecule has 2 heterocycles. The van der Waals surface area contributed by atoms with Crippen molar-refractivity contribution in [1.82, 2.24) is 14.8 Å². The number of carbonyl (C=O) groups is 1. The number of hydrogen-bond acceptors (Lipinski definition) is 6. The number of nitrogens with zero attached hydrogens (tertiary/aromatic N) is 3. The lowest BCUT2D eigenvalue weighted by atomic mass is 9.85. The molecule has 1 aliphatic carbocycles. The van der Waals surface area contributed by atoms with Crippen molar-refractivity contribution < 1.29 is 13.9 Å². The summed E-state index contributed by atoms with van der Waals surface area (Å²) in [5, 5.41) is 8.62. The van der Waals surface area contributed by atoms with Gasteiger partial charge in [0, 0.05) is 23.4 Å². The minimum Gasteiger partial charge on any atom is -0.497 e. The number of aromatic nitrogens is 3. The van der Waals surface area contributed by atoms with Gasteiger partial charge in [0.05, 0.1) is 7.11 Å². The molecular weight excluding hydrogens is 415 g/mol. The molecule has 1 unspecified atom stereocenters. The molecular formula is C23H21FN4O2S. The highest BCUT2D eigenvalue weighted by molar-refractivity contribution is 7.98. The molecule has 1 aliphatic heterocycles. The van der Waals surface area contributed by atoms with Crippen LogP contribution in [0.3, 0.4) is 0 Å². The smallest absolute Gasteiger partial charge is 0.227 e. The van der Waals surface area contributed by atoms with Crippen LogP contribution in [0.4, 0.5) is 10.3 Å². The van der Waals surface area contributed by atoms with Crippen molar-refractivity contribution in [2.75, 3.05) is 12.4 Å². The second kappa shape index (κ2) is 8.19. The molecule has 0 saturated heterocycles. The monoisotopic (exact) mass is 436 g/mol. The summed E-state index contributed by atoms with van der Waals surface area (Å²) in [4.78, 5) is 17.5. The average molecular weight is 437 g/mol. The van der Waals surface area contributed by atoms with Crippen molar-refractivity contribution in [3.8, 4) is 5.75 Å². The molecule has 0 spiro atoms. The van der Waals surface area contributed by atoms with Gasteiger partial charge in [-0.05, 0) is 48.2 Å². The minimum absolute atomic E-state index is 0.143. The summed E-state index contributed by atoms with van der Waals surface area (Å²) < 4.78 is 20.6. The Morgan fingerprint density at radius 1 is 1.23 bits per heavy atom. The number of carbonyl (C=O) groups excluding carboxylic acids is 1. The highest BCUT2D eigenvalue weighted by Crippen LogP contribution is 2.41. The first kappa shape index (κ1) is 19.8. The lowest BCUT2D eigenvalue weighted by molar-refractivity contribution is -0.116. The van der Waals surface area contributed by atoms with E-state index in [1.165, 1.54) is 23.9 Å². The molecule has 0 fully saturated rings. The molecule has 6 nitrogen and oxygen atoms in total. The highest BCUT2D eigenvalue weighted by atomic mass is 32.2. The molecule has 0 amide bonds. The van der Waals surface area contributed by atoms with E-state index in [4.69, 9.17) is 9.84 Å². The molecule has 2 aromatic carbocycles. The van der Waals surface area contributed by atoms with Crippen LogP contribution in [0.2, 0.25) is 0 Å². The van der Waals surface area contributed by atoms with Gasteiger partial charge in [0.1, 0.15) is 17.6 Å². The van der Waals surface area contributed by atoms with Gasteiger partial charge >= 0.3 is 0 Å². The fraction of sp³-hybridized carbons (Fsp3) is 0.261. The number of fused-ring (bicyclic) bond motifs is 1. The number of halogens is 1. The maximum absolute atomic E-state index is 13.5. The summed E-state index contributed by atoms with van der Waals surface area (Å²) in [5.41, 5.74) is 3.51.